The Kier molecular flexibility index (Phi) is 3.51. The zero-order valence-electron chi connectivity index (χ0n) is 8.83. The Morgan fingerprint density at radius 1 is 1.43 bits per heavy atom. The van der Waals surface area contributed by atoms with Gasteiger partial charge in [-0.15, -0.1) is 0 Å². The Morgan fingerprint density at radius 3 is 2.64 bits per heavy atom. The van der Waals surface area contributed by atoms with Gasteiger partial charge in [-0.2, -0.15) is 0 Å². The summed E-state index contributed by atoms with van der Waals surface area (Å²) >= 11 is 0. The van der Waals surface area contributed by atoms with Crippen LogP contribution in [0, 0.1) is 0 Å². The summed E-state index contributed by atoms with van der Waals surface area (Å²) < 4.78 is 10.1. The Labute approximate surface area is 84.4 Å². The van der Waals surface area contributed by atoms with Crippen molar-refractivity contribution in [1.29, 1.82) is 0 Å². The lowest BCUT2D eigenvalue weighted by atomic mass is 10.1. The van der Waals surface area contributed by atoms with Crippen molar-refractivity contribution >= 4 is 5.76 Å². The fraction of sp³-hybridized carbons (Fsp3) is 0.364. The molecule has 1 heterocycles. The van der Waals surface area contributed by atoms with E-state index in [1.807, 2.05) is 13.0 Å². The molecule has 0 atom stereocenters. The monoisotopic (exact) mass is 193 g/mol. The van der Waals surface area contributed by atoms with Gasteiger partial charge in [-0.1, -0.05) is 13.5 Å². The van der Waals surface area contributed by atoms with Gasteiger partial charge in [0.05, 0.1) is 19.9 Å². The van der Waals surface area contributed by atoms with Crippen LogP contribution < -0.4 is 4.74 Å². The van der Waals surface area contributed by atoms with Gasteiger partial charge in [-0.05, 0) is 12.5 Å². The molecule has 0 radical (unpaired) electrons. The number of hydrogen-bond donors (Lipinski definition) is 0. The normalized spacial score (nSPS) is 9.64. The van der Waals surface area contributed by atoms with E-state index in [0.717, 1.165) is 17.7 Å². The Morgan fingerprint density at radius 2 is 2.14 bits per heavy atom. The quantitative estimate of drug-likeness (QED) is 0.687. The molecule has 1 rings (SSSR count). The third kappa shape index (κ3) is 2.05. The molecule has 0 unspecified atom stereocenters. The van der Waals surface area contributed by atoms with Gasteiger partial charge in [0, 0.05) is 11.6 Å². The molecular formula is C11H15NO2. The van der Waals surface area contributed by atoms with Gasteiger partial charge in [0.15, 0.2) is 0 Å². The van der Waals surface area contributed by atoms with E-state index in [4.69, 9.17) is 9.47 Å². The summed E-state index contributed by atoms with van der Waals surface area (Å²) in [6.45, 7) is 5.84. The highest BCUT2D eigenvalue weighted by Crippen LogP contribution is 2.20. The smallest absolute Gasteiger partial charge is 0.213 e. The molecule has 3 nitrogen and oxygen atoms in total. The molecule has 0 aromatic carbocycles. The van der Waals surface area contributed by atoms with Crippen molar-refractivity contribution in [2.24, 2.45) is 0 Å². The summed E-state index contributed by atoms with van der Waals surface area (Å²) in [4.78, 5) is 4.32. The molecule has 0 spiro atoms. The second kappa shape index (κ2) is 4.65. The second-order valence-electron chi connectivity index (χ2n) is 2.83. The summed E-state index contributed by atoms with van der Waals surface area (Å²) in [6, 6.07) is 3.72. The molecule has 14 heavy (non-hydrogen) atoms. The minimum absolute atomic E-state index is 0.620. The van der Waals surface area contributed by atoms with Gasteiger partial charge in [0.1, 0.15) is 5.76 Å². The van der Waals surface area contributed by atoms with Crippen LogP contribution in [0.5, 0.6) is 5.88 Å². The van der Waals surface area contributed by atoms with Crippen molar-refractivity contribution < 1.29 is 9.47 Å². The summed E-state index contributed by atoms with van der Waals surface area (Å²) in [6.07, 6.45) is 0.828. The molecule has 0 bridgehead atoms. The highest BCUT2D eigenvalue weighted by Gasteiger charge is 2.07. The van der Waals surface area contributed by atoms with Crippen LogP contribution in [-0.2, 0) is 11.2 Å². The maximum atomic E-state index is 5.08. The van der Waals surface area contributed by atoms with E-state index in [2.05, 4.69) is 11.6 Å². The average Bonchev–Trinajstić information content (AvgIpc) is 2.27. The van der Waals surface area contributed by atoms with E-state index >= 15 is 0 Å². The minimum atomic E-state index is 0.620. The molecule has 0 saturated carbocycles. The molecular weight excluding hydrogens is 178 g/mol. The largest absolute Gasteiger partial charge is 0.497 e. The molecule has 76 valence electrons. The van der Waals surface area contributed by atoms with Crippen molar-refractivity contribution in [3.63, 3.8) is 0 Å². The van der Waals surface area contributed by atoms with Gasteiger partial charge in [-0.25, -0.2) is 4.98 Å². The number of pyridine rings is 1. The van der Waals surface area contributed by atoms with E-state index in [-0.39, 0.29) is 0 Å². The van der Waals surface area contributed by atoms with Crippen LogP contribution in [0.2, 0.25) is 0 Å². The maximum absolute atomic E-state index is 5.08. The number of rotatable bonds is 4. The highest BCUT2D eigenvalue weighted by atomic mass is 16.5. The average molecular weight is 193 g/mol. The van der Waals surface area contributed by atoms with Crippen molar-refractivity contribution in [3.8, 4) is 5.88 Å². The van der Waals surface area contributed by atoms with Crippen LogP contribution in [0.25, 0.3) is 5.76 Å². The van der Waals surface area contributed by atoms with E-state index in [1.165, 1.54) is 0 Å². The fourth-order valence-corrected chi connectivity index (χ4v) is 1.23. The molecule has 0 aliphatic heterocycles. The Bertz CT molecular complexity index is 334. The first kappa shape index (κ1) is 10.6. The lowest BCUT2D eigenvalue weighted by Crippen LogP contribution is -1.98. The Hall–Kier alpha value is -1.51. The third-order valence-corrected chi connectivity index (χ3v) is 2.04. The van der Waals surface area contributed by atoms with E-state index in [9.17, 15) is 0 Å². The number of hydrogen-bond acceptors (Lipinski definition) is 3. The summed E-state index contributed by atoms with van der Waals surface area (Å²) in [5.74, 6) is 1.26. The number of methoxy groups -OCH3 is 2. The molecule has 0 amide bonds. The van der Waals surface area contributed by atoms with Crippen molar-refractivity contribution in [1.82, 2.24) is 4.98 Å². The van der Waals surface area contributed by atoms with E-state index < -0.39 is 0 Å². The third-order valence-electron chi connectivity index (χ3n) is 2.04. The zero-order valence-corrected chi connectivity index (χ0v) is 8.83. The lowest BCUT2D eigenvalue weighted by molar-refractivity contribution is 0.369. The lowest BCUT2D eigenvalue weighted by Gasteiger charge is -2.09. The van der Waals surface area contributed by atoms with Crippen molar-refractivity contribution in [2.75, 3.05) is 14.2 Å². The fourth-order valence-electron chi connectivity index (χ4n) is 1.23. The number of aryl methyl sites for hydroxylation is 1. The van der Waals surface area contributed by atoms with Gasteiger partial charge >= 0.3 is 0 Å². The van der Waals surface area contributed by atoms with Crippen LogP contribution in [0.1, 0.15) is 18.2 Å². The molecule has 1 aromatic rings. The topological polar surface area (TPSA) is 31.4 Å². The van der Waals surface area contributed by atoms with Gasteiger partial charge in [0.25, 0.3) is 0 Å². The van der Waals surface area contributed by atoms with Crippen LogP contribution in [0.15, 0.2) is 18.7 Å². The summed E-state index contributed by atoms with van der Waals surface area (Å²) in [5.41, 5.74) is 1.88. The van der Waals surface area contributed by atoms with E-state index in [0.29, 0.717) is 11.6 Å². The predicted octanol–water partition coefficient (Wildman–Crippen LogP) is 2.27. The van der Waals surface area contributed by atoms with Gasteiger partial charge in [-0.3, -0.25) is 0 Å². The molecule has 1 aromatic heterocycles. The van der Waals surface area contributed by atoms with Crippen LogP contribution >= 0.6 is 0 Å². The SMILES string of the molecule is C=C(OC)c1ccc(OC)nc1CC. The van der Waals surface area contributed by atoms with Crippen LogP contribution in [0.3, 0.4) is 0 Å². The maximum Gasteiger partial charge on any atom is 0.213 e. The molecule has 3 heteroatoms. The predicted molar refractivity (Wildman–Crippen MR) is 56.2 cm³/mol. The van der Waals surface area contributed by atoms with Crippen LogP contribution in [0.4, 0.5) is 0 Å². The zero-order chi connectivity index (χ0) is 10.6. The Balaban J connectivity index is 3.11. The highest BCUT2D eigenvalue weighted by molar-refractivity contribution is 5.59. The van der Waals surface area contributed by atoms with Gasteiger partial charge in [0.2, 0.25) is 5.88 Å². The standard InChI is InChI=1S/C11H15NO2/c1-5-10-9(8(2)13-3)6-7-11(12-10)14-4/h6-7H,2,5H2,1,3-4H3. The number of nitrogens with zero attached hydrogens (tertiary/aromatic N) is 1. The molecule has 0 aliphatic rings. The van der Waals surface area contributed by atoms with Crippen molar-refractivity contribution in [2.45, 2.75) is 13.3 Å². The molecule has 0 aliphatic carbocycles. The van der Waals surface area contributed by atoms with E-state index in [1.54, 1.807) is 20.3 Å². The molecule has 0 N–H and O–H groups in total. The molecule has 0 fully saturated rings. The first-order chi connectivity index (χ1) is 6.72. The number of ether oxygens (including phenoxy) is 2. The molecule has 0 saturated heterocycles. The summed E-state index contributed by atoms with van der Waals surface area (Å²) in [7, 11) is 3.21. The van der Waals surface area contributed by atoms with Gasteiger partial charge < -0.3 is 9.47 Å². The number of aromatic nitrogens is 1. The summed E-state index contributed by atoms with van der Waals surface area (Å²) in [5, 5.41) is 0. The second-order valence-corrected chi connectivity index (χ2v) is 2.83. The first-order valence-electron chi connectivity index (χ1n) is 4.50. The van der Waals surface area contributed by atoms with Crippen molar-refractivity contribution in [3.05, 3.63) is 30.0 Å². The first-order valence-corrected chi connectivity index (χ1v) is 4.50. The minimum Gasteiger partial charge on any atom is -0.497 e. The van der Waals surface area contributed by atoms with Crippen LogP contribution in [-0.4, -0.2) is 19.2 Å².